The molecule has 138 valence electrons. The molecule has 1 aliphatic heterocycles. The fraction of sp³-hybridized carbons (Fsp3) is 0.263. The zero-order valence-corrected chi connectivity index (χ0v) is 15.5. The number of carbonyl (C=O) groups is 2. The molecule has 1 aliphatic rings. The van der Waals surface area contributed by atoms with Gasteiger partial charge in [0.25, 0.3) is 5.91 Å². The molecular formula is C19H22ClN3O3. The number of hydrogen-bond donors (Lipinski definition) is 2. The van der Waals surface area contributed by atoms with E-state index >= 15 is 0 Å². The van der Waals surface area contributed by atoms with Crippen LogP contribution in [0.1, 0.15) is 18.9 Å². The topological polar surface area (TPSA) is 84.7 Å². The number of nitrogens with zero attached hydrogens (tertiary/aromatic N) is 1. The molecule has 1 heterocycles. The number of carbonyl (C=O) groups excluding carboxylic acids is 2. The summed E-state index contributed by atoms with van der Waals surface area (Å²) in [5, 5.41) is 2.85. The molecule has 26 heavy (non-hydrogen) atoms. The number of nitrogens with two attached hydrogens (primary N) is 1. The lowest BCUT2D eigenvalue weighted by Crippen LogP contribution is -2.45. The normalized spacial score (nSPS) is 15.5. The number of amides is 2. The average Bonchev–Trinajstić information content (AvgIpc) is 2.58. The first-order chi connectivity index (χ1) is 12.0. The molecule has 2 aromatic rings. The highest BCUT2D eigenvalue weighted by atomic mass is 35.5. The molecule has 3 rings (SSSR count). The molecule has 0 aromatic heterocycles. The maximum absolute atomic E-state index is 12.4. The molecule has 6 nitrogen and oxygen atoms in total. The maximum atomic E-state index is 12.4. The second-order valence-corrected chi connectivity index (χ2v) is 6.09. The molecule has 2 aromatic carbocycles. The SMILES string of the molecule is Cc1ccc(N)cc1NC(=O)CCN1C(=O)C(C)Oc2ccccc21.Cl. The van der Waals surface area contributed by atoms with Crippen molar-refractivity contribution in [2.24, 2.45) is 0 Å². The Kier molecular flexibility index (Phi) is 6.10. The van der Waals surface area contributed by atoms with E-state index in [-0.39, 0.29) is 37.2 Å². The molecule has 0 saturated heterocycles. The lowest BCUT2D eigenvalue weighted by Gasteiger charge is -2.32. The number of aryl methyl sites for hydroxylation is 1. The summed E-state index contributed by atoms with van der Waals surface area (Å²) in [4.78, 5) is 26.3. The van der Waals surface area contributed by atoms with Crippen molar-refractivity contribution < 1.29 is 14.3 Å². The lowest BCUT2D eigenvalue weighted by molar-refractivity contribution is -0.125. The van der Waals surface area contributed by atoms with Gasteiger partial charge in [-0.1, -0.05) is 18.2 Å². The van der Waals surface area contributed by atoms with Gasteiger partial charge in [-0.2, -0.15) is 0 Å². The summed E-state index contributed by atoms with van der Waals surface area (Å²) in [6.07, 6.45) is -0.379. The number of rotatable bonds is 4. The summed E-state index contributed by atoms with van der Waals surface area (Å²) >= 11 is 0. The van der Waals surface area contributed by atoms with Gasteiger partial charge in [0.2, 0.25) is 5.91 Å². The molecule has 1 atom stereocenters. The van der Waals surface area contributed by atoms with Crippen LogP contribution in [-0.2, 0) is 9.59 Å². The van der Waals surface area contributed by atoms with Crippen molar-refractivity contribution in [1.82, 2.24) is 0 Å². The first kappa shape index (κ1) is 19.6. The van der Waals surface area contributed by atoms with Gasteiger partial charge in [-0.3, -0.25) is 9.59 Å². The van der Waals surface area contributed by atoms with E-state index < -0.39 is 6.10 Å². The van der Waals surface area contributed by atoms with Crippen LogP contribution in [0.15, 0.2) is 42.5 Å². The number of para-hydroxylation sites is 2. The Morgan fingerprint density at radius 1 is 1.27 bits per heavy atom. The second-order valence-electron chi connectivity index (χ2n) is 6.09. The maximum Gasteiger partial charge on any atom is 0.267 e. The predicted octanol–water partition coefficient (Wildman–Crippen LogP) is 3.14. The van der Waals surface area contributed by atoms with Crippen molar-refractivity contribution in [3.8, 4) is 5.75 Å². The van der Waals surface area contributed by atoms with Crippen LogP contribution in [-0.4, -0.2) is 24.5 Å². The molecule has 0 radical (unpaired) electrons. The quantitative estimate of drug-likeness (QED) is 0.804. The fourth-order valence-electron chi connectivity index (χ4n) is 2.79. The minimum absolute atomic E-state index is 0. The molecular weight excluding hydrogens is 354 g/mol. The number of ether oxygens (including phenoxy) is 1. The Labute approximate surface area is 158 Å². The van der Waals surface area contributed by atoms with E-state index in [1.807, 2.05) is 37.3 Å². The monoisotopic (exact) mass is 375 g/mol. The summed E-state index contributed by atoms with van der Waals surface area (Å²) in [5.74, 6) is 0.339. The third-order valence-electron chi connectivity index (χ3n) is 4.17. The van der Waals surface area contributed by atoms with E-state index in [1.165, 1.54) is 0 Å². The van der Waals surface area contributed by atoms with E-state index in [0.717, 1.165) is 5.56 Å². The van der Waals surface area contributed by atoms with Crippen LogP contribution >= 0.6 is 12.4 Å². The van der Waals surface area contributed by atoms with Crippen LogP contribution in [0.2, 0.25) is 0 Å². The molecule has 0 fully saturated rings. The van der Waals surface area contributed by atoms with Crippen molar-refractivity contribution in [1.29, 1.82) is 0 Å². The Hall–Kier alpha value is -2.73. The summed E-state index contributed by atoms with van der Waals surface area (Å²) in [6, 6.07) is 12.7. The zero-order valence-electron chi connectivity index (χ0n) is 14.7. The van der Waals surface area contributed by atoms with Crippen molar-refractivity contribution in [3.05, 3.63) is 48.0 Å². The molecule has 3 N–H and O–H groups in total. The summed E-state index contributed by atoms with van der Waals surface area (Å²) < 4.78 is 5.60. The fourth-order valence-corrected chi connectivity index (χ4v) is 2.79. The minimum atomic E-state index is -0.561. The standard InChI is InChI=1S/C19H21N3O3.ClH/c1-12-7-8-14(20)11-15(12)21-18(23)9-10-22-16-5-3-4-6-17(16)25-13(2)19(22)24;/h3-8,11,13H,9-10,20H2,1-2H3,(H,21,23);1H. The van der Waals surface area contributed by atoms with E-state index in [2.05, 4.69) is 5.32 Å². The largest absolute Gasteiger partial charge is 0.479 e. The minimum Gasteiger partial charge on any atom is -0.479 e. The first-order valence-corrected chi connectivity index (χ1v) is 8.19. The van der Waals surface area contributed by atoms with Crippen LogP contribution in [0.5, 0.6) is 5.75 Å². The van der Waals surface area contributed by atoms with E-state index in [4.69, 9.17) is 10.5 Å². The van der Waals surface area contributed by atoms with Gasteiger partial charge in [-0.15, -0.1) is 12.4 Å². The molecule has 0 bridgehead atoms. The average molecular weight is 376 g/mol. The van der Waals surface area contributed by atoms with E-state index in [1.54, 1.807) is 24.0 Å². The Morgan fingerprint density at radius 2 is 2.00 bits per heavy atom. The van der Waals surface area contributed by atoms with Crippen molar-refractivity contribution in [3.63, 3.8) is 0 Å². The van der Waals surface area contributed by atoms with E-state index in [9.17, 15) is 9.59 Å². The first-order valence-electron chi connectivity index (χ1n) is 8.19. The third-order valence-corrected chi connectivity index (χ3v) is 4.17. The summed E-state index contributed by atoms with van der Waals surface area (Å²) in [6.45, 7) is 3.90. The van der Waals surface area contributed by atoms with Crippen LogP contribution in [0, 0.1) is 6.92 Å². The van der Waals surface area contributed by atoms with Crippen molar-refractivity contribution in [2.75, 3.05) is 22.5 Å². The molecule has 0 spiro atoms. The lowest BCUT2D eigenvalue weighted by atomic mass is 10.1. The van der Waals surface area contributed by atoms with Gasteiger partial charge in [0.1, 0.15) is 5.75 Å². The highest BCUT2D eigenvalue weighted by molar-refractivity contribution is 6.01. The van der Waals surface area contributed by atoms with Gasteiger partial charge in [0, 0.05) is 24.3 Å². The van der Waals surface area contributed by atoms with Gasteiger partial charge >= 0.3 is 0 Å². The molecule has 2 amide bonds. The zero-order chi connectivity index (χ0) is 18.0. The second kappa shape index (κ2) is 8.10. The summed E-state index contributed by atoms with van der Waals surface area (Å²) in [7, 11) is 0. The smallest absolute Gasteiger partial charge is 0.267 e. The number of hydrogen-bond acceptors (Lipinski definition) is 4. The van der Waals surface area contributed by atoms with Crippen LogP contribution in [0.25, 0.3) is 0 Å². The molecule has 0 saturated carbocycles. The van der Waals surface area contributed by atoms with E-state index in [0.29, 0.717) is 22.8 Å². The Bertz CT molecular complexity index is 825. The van der Waals surface area contributed by atoms with Gasteiger partial charge in [0.15, 0.2) is 6.10 Å². The third kappa shape index (κ3) is 4.08. The molecule has 7 heteroatoms. The van der Waals surface area contributed by atoms with Crippen molar-refractivity contribution >= 4 is 41.3 Å². The van der Waals surface area contributed by atoms with Gasteiger partial charge in [-0.25, -0.2) is 0 Å². The Morgan fingerprint density at radius 3 is 2.77 bits per heavy atom. The highest BCUT2D eigenvalue weighted by Gasteiger charge is 2.31. The predicted molar refractivity (Wildman–Crippen MR) is 105 cm³/mol. The van der Waals surface area contributed by atoms with Gasteiger partial charge in [-0.05, 0) is 43.7 Å². The summed E-state index contributed by atoms with van der Waals surface area (Å²) in [5.41, 5.74) is 8.67. The van der Waals surface area contributed by atoms with Gasteiger partial charge in [0.05, 0.1) is 5.69 Å². The Balaban J connectivity index is 0.00000243. The number of anilines is 3. The van der Waals surface area contributed by atoms with Crippen molar-refractivity contribution in [2.45, 2.75) is 26.4 Å². The molecule has 0 aliphatic carbocycles. The van der Waals surface area contributed by atoms with Crippen LogP contribution in [0.3, 0.4) is 0 Å². The van der Waals surface area contributed by atoms with Gasteiger partial charge < -0.3 is 20.7 Å². The molecule has 1 unspecified atom stereocenters. The number of fused-ring (bicyclic) bond motifs is 1. The number of benzene rings is 2. The number of nitrogen functional groups attached to an aromatic ring is 1. The number of halogens is 1. The number of nitrogens with one attached hydrogen (secondary N) is 1. The van der Waals surface area contributed by atoms with Crippen LogP contribution in [0.4, 0.5) is 17.1 Å². The van der Waals surface area contributed by atoms with Crippen LogP contribution < -0.4 is 20.7 Å². The highest BCUT2D eigenvalue weighted by Crippen LogP contribution is 2.33.